The minimum absolute atomic E-state index is 0. The average molecular weight is 604 g/mol. The van der Waals surface area contributed by atoms with Crippen LogP contribution in [-0.4, -0.2) is 46.7 Å². The Labute approximate surface area is 241 Å². The van der Waals surface area contributed by atoms with Crippen molar-refractivity contribution in [2.24, 2.45) is 0 Å². The number of nitrogens with zero attached hydrogens (tertiary/aromatic N) is 4. The molecule has 1 radical (unpaired) electrons. The Hall–Kier alpha value is -3.70. The van der Waals surface area contributed by atoms with Crippen molar-refractivity contribution in [3.8, 4) is 0 Å². The number of carboxylic acid groups (broad SMARTS) is 1. The van der Waals surface area contributed by atoms with Crippen molar-refractivity contribution in [3.05, 3.63) is 82.7 Å². The van der Waals surface area contributed by atoms with Crippen LogP contribution in [0.1, 0.15) is 17.3 Å². The molecule has 4 N–H and O–H groups in total. The summed E-state index contributed by atoms with van der Waals surface area (Å²) in [7, 11) is 0. The molecule has 1 saturated heterocycles. The maximum Gasteiger partial charge on any atom is 2.00 e. The predicted molar refractivity (Wildman–Crippen MR) is 139 cm³/mol. The molecular formula is C26H27ClCuFN7O3. The second-order valence-electron chi connectivity index (χ2n) is 8.26. The zero-order valence-electron chi connectivity index (χ0n) is 21.0. The quantitative estimate of drug-likeness (QED) is 0.188. The third-order valence-electron chi connectivity index (χ3n) is 5.90. The van der Waals surface area contributed by atoms with E-state index in [0.29, 0.717) is 25.3 Å². The molecule has 0 atom stereocenters. The van der Waals surface area contributed by atoms with Gasteiger partial charge in [0.05, 0.1) is 28.1 Å². The SMILES string of the molecule is CCn1cc(C(=O)[O-])c(=O)c2c(N)cc(N3CCNCC3)c(F)c21.[Cl-].[Cu+2].c1ccc(Nc2ccccn2)nc1. The molecule has 209 valence electrons. The van der Waals surface area contributed by atoms with Crippen molar-refractivity contribution < 1.29 is 43.8 Å². The number of benzene rings is 1. The van der Waals surface area contributed by atoms with Gasteiger partial charge in [-0.1, -0.05) is 12.1 Å². The molecule has 3 aromatic heterocycles. The van der Waals surface area contributed by atoms with Crippen LogP contribution in [0.15, 0.2) is 65.8 Å². The molecule has 39 heavy (non-hydrogen) atoms. The van der Waals surface area contributed by atoms with Crippen molar-refractivity contribution in [2.45, 2.75) is 13.5 Å². The van der Waals surface area contributed by atoms with Gasteiger partial charge in [0.15, 0.2) is 5.82 Å². The number of aromatic carboxylic acids is 1. The van der Waals surface area contributed by atoms with E-state index in [2.05, 4.69) is 20.6 Å². The number of halogens is 2. The number of aryl methyl sites for hydroxylation is 1. The third-order valence-corrected chi connectivity index (χ3v) is 5.90. The van der Waals surface area contributed by atoms with Crippen LogP contribution in [0, 0.1) is 5.82 Å². The van der Waals surface area contributed by atoms with Crippen LogP contribution in [0.4, 0.5) is 27.4 Å². The molecule has 4 aromatic rings. The molecule has 4 heterocycles. The molecule has 0 spiro atoms. The van der Waals surface area contributed by atoms with E-state index in [-0.39, 0.29) is 46.1 Å². The van der Waals surface area contributed by atoms with E-state index < -0.39 is 22.8 Å². The molecule has 1 aliphatic rings. The van der Waals surface area contributed by atoms with E-state index >= 15 is 4.39 Å². The standard InChI is InChI=1S/C16H19FN4O3.C10H9N3.ClH.Cu/c1-2-20-8-9(16(23)24)15(22)12-10(18)7-11(13(17)14(12)20)21-5-3-19-4-6-21;1-3-7-11-9(5-1)13-10-6-2-4-8-12-10;;/h7-8,19H,2-6,18H2,1H3,(H,23,24);1-8H,(H,11,12,13);1H;/q;;;+2/p-2. The maximum absolute atomic E-state index is 15.2. The number of carbonyl (C=O) groups excluding carboxylic acids is 1. The summed E-state index contributed by atoms with van der Waals surface area (Å²) in [6.07, 6.45) is 4.60. The molecule has 1 fully saturated rings. The molecule has 1 aromatic carbocycles. The van der Waals surface area contributed by atoms with Crippen LogP contribution in [0.3, 0.4) is 0 Å². The van der Waals surface area contributed by atoms with Gasteiger partial charge in [0.2, 0.25) is 5.43 Å². The minimum atomic E-state index is -1.60. The molecule has 0 saturated carbocycles. The van der Waals surface area contributed by atoms with Crippen molar-refractivity contribution in [1.29, 1.82) is 0 Å². The van der Waals surface area contributed by atoms with E-state index in [9.17, 15) is 14.7 Å². The number of pyridine rings is 3. The number of hydrogen-bond donors (Lipinski definition) is 3. The van der Waals surface area contributed by atoms with E-state index in [1.54, 1.807) is 19.3 Å². The van der Waals surface area contributed by atoms with Crippen LogP contribution < -0.4 is 44.2 Å². The summed E-state index contributed by atoms with van der Waals surface area (Å²) in [6.45, 7) is 4.71. The Bertz CT molecular complexity index is 1420. The summed E-state index contributed by atoms with van der Waals surface area (Å²) in [5.74, 6) is -0.553. The minimum Gasteiger partial charge on any atom is -1.00 e. The smallest absolute Gasteiger partial charge is 1.00 e. The van der Waals surface area contributed by atoms with Gasteiger partial charge in [0.1, 0.15) is 11.6 Å². The van der Waals surface area contributed by atoms with Gasteiger partial charge in [-0.3, -0.25) is 4.79 Å². The number of carboxylic acids is 1. The van der Waals surface area contributed by atoms with E-state index in [0.717, 1.165) is 30.9 Å². The molecule has 0 bridgehead atoms. The Balaban J connectivity index is 0.000000303. The molecule has 5 rings (SSSR count). The number of nitrogens with two attached hydrogens (primary N) is 1. The maximum atomic E-state index is 15.2. The first-order valence-corrected chi connectivity index (χ1v) is 11.8. The largest absolute Gasteiger partial charge is 2.00 e. The van der Waals surface area contributed by atoms with Crippen LogP contribution >= 0.6 is 0 Å². The van der Waals surface area contributed by atoms with Crippen LogP contribution in [0.25, 0.3) is 10.9 Å². The Morgan fingerprint density at radius 1 is 1.13 bits per heavy atom. The van der Waals surface area contributed by atoms with E-state index in [1.165, 1.54) is 10.6 Å². The third kappa shape index (κ3) is 7.24. The number of nitrogen functional groups attached to an aromatic ring is 1. The van der Waals surface area contributed by atoms with Gasteiger partial charge in [-0.2, -0.15) is 0 Å². The monoisotopic (exact) mass is 602 g/mol. The van der Waals surface area contributed by atoms with E-state index in [4.69, 9.17) is 5.73 Å². The zero-order chi connectivity index (χ0) is 26.4. The predicted octanol–water partition coefficient (Wildman–Crippen LogP) is -1.26. The summed E-state index contributed by atoms with van der Waals surface area (Å²) in [4.78, 5) is 33.7. The normalized spacial score (nSPS) is 12.4. The number of piperazine rings is 1. The fourth-order valence-electron chi connectivity index (χ4n) is 4.11. The summed E-state index contributed by atoms with van der Waals surface area (Å²) < 4.78 is 16.5. The summed E-state index contributed by atoms with van der Waals surface area (Å²) >= 11 is 0. The van der Waals surface area contributed by atoms with Gasteiger partial charge in [-0.05, 0) is 37.3 Å². The molecular weight excluding hydrogens is 576 g/mol. The van der Waals surface area contributed by atoms with Crippen molar-refractivity contribution in [3.63, 3.8) is 0 Å². The first kappa shape index (κ1) is 31.5. The van der Waals surface area contributed by atoms with Crippen molar-refractivity contribution in [1.82, 2.24) is 19.9 Å². The fourth-order valence-corrected chi connectivity index (χ4v) is 4.11. The topological polar surface area (TPSA) is 141 Å². The molecule has 1 aliphatic heterocycles. The van der Waals surface area contributed by atoms with Gasteiger partial charge in [0, 0.05) is 57.0 Å². The van der Waals surface area contributed by atoms with Crippen molar-refractivity contribution in [2.75, 3.05) is 42.1 Å². The number of hydrogen-bond acceptors (Lipinski definition) is 9. The summed E-state index contributed by atoms with van der Waals surface area (Å²) in [5.41, 5.74) is 5.06. The zero-order valence-corrected chi connectivity index (χ0v) is 22.7. The number of anilines is 4. The number of nitrogens with one attached hydrogen (secondary N) is 2. The van der Waals surface area contributed by atoms with Gasteiger partial charge in [0.25, 0.3) is 0 Å². The number of rotatable bonds is 5. The van der Waals surface area contributed by atoms with Crippen LogP contribution in [-0.2, 0) is 23.6 Å². The molecule has 10 nitrogen and oxygen atoms in total. The van der Waals surface area contributed by atoms with Gasteiger partial charge < -0.3 is 48.1 Å². The molecule has 0 amide bonds. The molecule has 13 heteroatoms. The Kier molecular flexibility index (Phi) is 11.7. The first-order chi connectivity index (χ1) is 17.9. The number of fused-ring (bicyclic) bond motifs is 1. The number of aromatic nitrogens is 3. The molecule has 0 aliphatic carbocycles. The van der Waals surface area contributed by atoms with Crippen LogP contribution in [0.5, 0.6) is 0 Å². The van der Waals surface area contributed by atoms with Gasteiger partial charge in [-0.25, -0.2) is 14.4 Å². The summed E-state index contributed by atoms with van der Waals surface area (Å²) in [5, 5.41) is 17.3. The average Bonchev–Trinajstić information content (AvgIpc) is 2.92. The second kappa shape index (κ2) is 14.5. The fraction of sp³-hybridized carbons (Fsp3) is 0.231. The Morgan fingerprint density at radius 3 is 2.21 bits per heavy atom. The Morgan fingerprint density at radius 2 is 1.72 bits per heavy atom. The van der Waals surface area contributed by atoms with E-state index in [1.807, 2.05) is 41.3 Å². The molecule has 0 unspecified atom stereocenters. The van der Waals surface area contributed by atoms with Gasteiger partial charge >= 0.3 is 17.1 Å². The van der Waals surface area contributed by atoms with Crippen molar-refractivity contribution >= 4 is 39.9 Å². The number of carbonyl (C=O) groups is 1. The summed E-state index contributed by atoms with van der Waals surface area (Å²) in [6, 6.07) is 12.8. The van der Waals surface area contributed by atoms with Gasteiger partial charge in [-0.15, -0.1) is 0 Å². The first-order valence-electron chi connectivity index (χ1n) is 11.8. The van der Waals surface area contributed by atoms with Crippen LogP contribution in [0.2, 0.25) is 0 Å². The second-order valence-corrected chi connectivity index (χ2v) is 8.26.